The summed E-state index contributed by atoms with van der Waals surface area (Å²) in [7, 11) is 1.55. The van der Waals surface area contributed by atoms with E-state index in [-0.39, 0.29) is 24.1 Å². The fourth-order valence-electron chi connectivity index (χ4n) is 3.31. The standard InChI is InChI=1S/C23H18F3N3OS/c1-28(14-21-27-18-5-2-3-6-19(18)29(21)23(25)26)22(30)17(20-7-4-12-31-20)13-15-8-10-16(24)11-9-15/h2-13,23H,14H2,1H3. The molecule has 4 aromatic rings. The van der Waals surface area contributed by atoms with Crippen molar-refractivity contribution in [3.05, 3.63) is 88.1 Å². The van der Waals surface area contributed by atoms with Gasteiger partial charge >= 0.3 is 6.55 Å². The lowest BCUT2D eigenvalue weighted by molar-refractivity contribution is -0.124. The number of nitrogens with zero attached hydrogens (tertiary/aromatic N) is 3. The fourth-order valence-corrected chi connectivity index (χ4v) is 4.04. The van der Waals surface area contributed by atoms with Crippen molar-refractivity contribution in [2.24, 2.45) is 0 Å². The molecule has 158 valence electrons. The van der Waals surface area contributed by atoms with Crippen LogP contribution in [0.15, 0.2) is 66.0 Å². The van der Waals surface area contributed by atoms with E-state index in [1.165, 1.54) is 28.4 Å². The number of benzene rings is 2. The maximum atomic E-state index is 13.7. The van der Waals surface area contributed by atoms with Crippen molar-refractivity contribution in [3.63, 3.8) is 0 Å². The van der Waals surface area contributed by atoms with E-state index in [9.17, 15) is 18.0 Å². The highest BCUT2D eigenvalue weighted by atomic mass is 32.1. The Labute approximate surface area is 180 Å². The molecule has 31 heavy (non-hydrogen) atoms. The van der Waals surface area contributed by atoms with Crippen LogP contribution < -0.4 is 0 Å². The monoisotopic (exact) mass is 441 g/mol. The summed E-state index contributed by atoms with van der Waals surface area (Å²) in [6.45, 7) is -2.87. The first kappa shape index (κ1) is 20.9. The molecule has 0 aliphatic heterocycles. The van der Waals surface area contributed by atoms with Crippen LogP contribution in [0.5, 0.6) is 0 Å². The van der Waals surface area contributed by atoms with Crippen LogP contribution in [-0.4, -0.2) is 27.4 Å². The summed E-state index contributed by atoms with van der Waals surface area (Å²) in [4.78, 5) is 19.7. The number of alkyl halides is 2. The molecule has 2 heterocycles. The van der Waals surface area contributed by atoms with E-state index >= 15 is 0 Å². The average Bonchev–Trinajstić information content (AvgIpc) is 3.40. The van der Waals surface area contributed by atoms with Gasteiger partial charge in [0.2, 0.25) is 0 Å². The number of hydrogen-bond donors (Lipinski definition) is 0. The second kappa shape index (κ2) is 8.77. The average molecular weight is 441 g/mol. The van der Waals surface area contributed by atoms with Gasteiger partial charge in [-0.05, 0) is 47.4 Å². The summed E-state index contributed by atoms with van der Waals surface area (Å²) < 4.78 is 41.5. The van der Waals surface area contributed by atoms with Crippen LogP contribution in [0.25, 0.3) is 22.7 Å². The van der Waals surface area contributed by atoms with E-state index in [1.54, 1.807) is 55.6 Å². The quantitative estimate of drug-likeness (QED) is 0.353. The molecule has 2 aromatic carbocycles. The van der Waals surface area contributed by atoms with Gasteiger partial charge in [-0.25, -0.2) is 9.37 Å². The van der Waals surface area contributed by atoms with E-state index in [4.69, 9.17) is 0 Å². The van der Waals surface area contributed by atoms with Crippen molar-refractivity contribution in [1.82, 2.24) is 14.5 Å². The van der Waals surface area contributed by atoms with Crippen molar-refractivity contribution in [3.8, 4) is 0 Å². The molecule has 0 radical (unpaired) electrons. The minimum atomic E-state index is -2.78. The third-order valence-electron chi connectivity index (χ3n) is 4.79. The van der Waals surface area contributed by atoms with E-state index in [1.807, 2.05) is 11.4 Å². The third-order valence-corrected chi connectivity index (χ3v) is 5.69. The number of aromatic nitrogens is 2. The Morgan fingerprint density at radius 3 is 2.55 bits per heavy atom. The number of halogens is 3. The smallest absolute Gasteiger partial charge is 0.320 e. The topological polar surface area (TPSA) is 38.1 Å². The zero-order valence-corrected chi connectivity index (χ0v) is 17.3. The number of likely N-dealkylation sites (N-methyl/N-ethyl adjacent to an activating group) is 1. The Bertz CT molecular complexity index is 1230. The van der Waals surface area contributed by atoms with Gasteiger partial charge in [-0.3, -0.25) is 9.36 Å². The number of amides is 1. The predicted molar refractivity (Wildman–Crippen MR) is 116 cm³/mol. The van der Waals surface area contributed by atoms with Crippen LogP contribution in [0.2, 0.25) is 0 Å². The summed E-state index contributed by atoms with van der Waals surface area (Å²) in [5.74, 6) is -0.622. The highest BCUT2D eigenvalue weighted by Crippen LogP contribution is 2.27. The van der Waals surface area contributed by atoms with E-state index < -0.39 is 6.55 Å². The van der Waals surface area contributed by atoms with Crippen molar-refractivity contribution in [2.45, 2.75) is 13.1 Å². The van der Waals surface area contributed by atoms with E-state index in [0.717, 1.165) is 9.44 Å². The predicted octanol–water partition coefficient (Wildman–Crippen LogP) is 5.83. The lowest BCUT2D eigenvalue weighted by Crippen LogP contribution is -2.28. The Hall–Kier alpha value is -3.39. The molecule has 0 bridgehead atoms. The van der Waals surface area contributed by atoms with Gasteiger partial charge in [0.1, 0.15) is 11.6 Å². The number of para-hydroxylation sites is 2. The normalized spacial score (nSPS) is 12.0. The molecule has 0 atom stereocenters. The Kier molecular flexibility index (Phi) is 5.90. The maximum Gasteiger partial charge on any atom is 0.320 e. The molecular weight excluding hydrogens is 423 g/mol. The number of fused-ring (bicyclic) bond motifs is 1. The Balaban J connectivity index is 1.68. The lowest BCUT2D eigenvalue weighted by atomic mass is 10.1. The first-order valence-electron chi connectivity index (χ1n) is 9.44. The van der Waals surface area contributed by atoms with Gasteiger partial charge in [0.15, 0.2) is 0 Å². The van der Waals surface area contributed by atoms with Crippen LogP contribution in [0, 0.1) is 5.82 Å². The zero-order chi connectivity index (χ0) is 22.0. The second-order valence-electron chi connectivity index (χ2n) is 6.91. The summed E-state index contributed by atoms with van der Waals surface area (Å²) in [6.07, 6.45) is 1.67. The molecule has 0 spiro atoms. The van der Waals surface area contributed by atoms with Crippen molar-refractivity contribution < 1.29 is 18.0 Å². The van der Waals surface area contributed by atoms with Gasteiger partial charge in [-0.15, -0.1) is 11.3 Å². The molecule has 4 rings (SSSR count). The first-order chi connectivity index (χ1) is 14.9. The summed E-state index contributed by atoms with van der Waals surface area (Å²) in [5.41, 5.74) is 1.81. The largest absolute Gasteiger partial charge is 0.334 e. The molecule has 1 amide bonds. The number of thiophene rings is 1. The number of carbonyl (C=O) groups is 1. The van der Waals surface area contributed by atoms with E-state index in [0.29, 0.717) is 22.2 Å². The van der Waals surface area contributed by atoms with Gasteiger partial charge in [0.05, 0.1) is 23.2 Å². The van der Waals surface area contributed by atoms with Crippen LogP contribution in [0.1, 0.15) is 22.8 Å². The summed E-state index contributed by atoms with van der Waals surface area (Å²) >= 11 is 1.39. The van der Waals surface area contributed by atoms with E-state index in [2.05, 4.69) is 4.98 Å². The highest BCUT2D eigenvalue weighted by Gasteiger charge is 2.23. The van der Waals surface area contributed by atoms with Gasteiger partial charge < -0.3 is 4.90 Å². The first-order valence-corrected chi connectivity index (χ1v) is 10.3. The van der Waals surface area contributed by atoms with Gasteiger partial charge in [0, 0.05) is 11.9 Å². The minimum Gasteiger partial charge on any atom is -0.334 e. The summed E-state index contributed by atoms with van der Waals surface area (Å²) in [6, 6.07) is 16.0. The van der Waals surface area contributed by atoms with Gasteiger partial charge in [0.25, 0.3) is 5.91 Å². The lowest BCUT2D eigenvalue weighted by Gasteiger charge is -2.19. The highest BCUT2D eigenvalue weighted by molar-refractivity contribution is 7.11. The molecule has 4 nitrogen and oxygen atoms in total. The number of carbonyl (C=O) groups excluding carboxylic acids is 1. The second-order valence-corrected chi connectivity index (χ2v) is 7.86. The van der Waals surface area contributed by atoms with Crippen molar-refractivity contribution >= 4 is 39.9 Å². The third kappa shape index (κ3) is 4.39. The molecular formula is C23H18F3N3OS. The Morgan fingerprint density at radius 1 is 1.13 bits per heavy atom. The van der Waals surface area contributed by atoms with Crippen LogP contribution >= 0.6 is 11.3 Å². The molecule has 0 aliphatic rings. The molecule has 0 aliphatic carbocycles. The molecule has 0 saturated heterocycles. The molecule has 2 aromatic heterocycles. The van der Waals surface area contributed by atoms with Crippen LogP contribution in [0.4, 0.5) is 13.2 Å². The molecule has 0 N–H and O–H groups in total. The molecule has 0 fully saturated rings. The van der Waals surface area contributed by atoms with Crippen LogP contribution in [0.3, 0.4) is 0 Å². The minimum absolute atomic E-state index is 0.0933. The maximum absolute atomic E-state index is 13.7. The molecule has 8 heteroatoms. The van der Waals surface area contributed by atoms with Gasteiger partial charge in [-0.2, -0.15) is 8.78 Å². The van der Waals surface area contributed by atoms with Crippen molar-refractivity contribution in [2.75, 3.05) is 7.05 Å². The zero-order valence-electron chi connectivity index (χ0n) is 16.5. The molecule has 0 saturated carbocycles. The van der Waals surface area contributed by atoms with Crippen molar-refractivity contribution in [1.29, 1.82) is 0 Å². The number of rotatable bonds is 6. The summed E-state index contributed by atoms with van der Waals surface area (Å²) in [5, 5.41) is 1.84. The van der Waals surface area contributed by atoms with Crippen LogP contribution in [-0.2, 0) is 11.3 Å². The SMILES string of the molecule is CN(Cc1nc2ccccc2n1C(F)F)C(=O)C(=Cc1ccc(F)cc1)c1cccs1. The van der Waals surface area contributed by atoms with Gasteiger partial charge in [-0.1, -0.05) is 30.3 Å². The molecule has 0 unspecified atom stereocenters. The fraction of sp³-hybridized carbons (Fsp3) is 0.130. The number of imidazole rings is 1. The number of hydrogen-bond acceptors (Lipinski definition) is 3. The Morgan fingerprint density at radius 2 is 1.87 bits per heavy atom.